The highest BCUT2D eigenvalue weighted by Gasteiger charge is 2.43. The van der Waals surface area contributed by atoms with E-state index in [4.69, 9.17) is 18.9 Å². The van der Waals surface area contributed by atoms with Crippen LogP contribution in [0, 0.1) is 13.8 Å². The van der Waals surface area contributed by atoms with E-state index in [-0.39, 0.29) is 12.0 Å². The highest BCUT2D eigenvalue weighted by molar-refractivity contribution is 5.75. The molecular weight excluding hydrogens is 504 g/mol. The lowest BCUT2D eigenvalue weighted by Crippen LogP contribution is -2.31. The van der Waals surface area contributed by atoms with Gasteiger partial charge in [-0.1, -0.05) is 38.1 Å². The van der Waals surface area contributed by atoms with Crippen LogP contribution >= 0.6 is 0 Å². The zero-order chi connectivity index (χ0) is 29.4. The molecule has 2 atom stereocenters. The second-order valence-electron chi connectivity index (χ2n) is 10.4. The summed E-state index contributed by atoms with van der Waals surface area (Å²) >= 11 is 0. The van der Waals surface area contributed by atoms with Crippen LogP contribution in [0.15, 0.2) is 48.5 Å². The Morgan fingerprint density at radius 3 is 2.40 bits per heavy atom. The topological polar surface area (TPSA) is 63.2 Å². The molecule has 3 aromatic carbocycles. The van der Waals surface area contributed by atoms with Crippen molar-refractivity contribution in [1.29, 1.82) is 0 Å². The minimum absolute atomic E-state index is 0.114. The Bertz CT molecular complexity index is 1300. The zero-order valence-electron chi connectivity index (χ0n) is 25.4. The molecule has 0 fully saturated rings. The number of aryl methyl sites for hydroxylation is 1. The number of ether oxygens (including phenoxy) is 5. The van der Waals surface area contributed by atoms with Crippen molar-refractivity contribution in [3.05, 3.63) is 76.3 Å². The van der Waals surface area contributed by atoms with E-state index in [1.54, 1.807) is 21.3 Å². The van der Waals surface area contributed by atoms with Crippen LogP contribution in [0.1, 0.15) is 74.0 Å². The maximum Gasteiger partial charge on any atom is 0.134 e. The van der Waals surface area contributed by atoms with Crippen molar-refractivity contribution in [2.24, 2.45) is 0 Å². The third kappa shape index (κ3) is 6.51. The van der Waals surface area contributed by atoms with Gasteiger partial charge in [-0.2, -0.15) is 0 Å². The van der Waals surface area contributed by atoms with Crippen LogP contribution in [-0.4, -0.2) is 39.8 Å². The number of aldehydes is 1. The Balaban J connectivity index is 0.000000827. The number of benzene rings is 3. The van der Waals surface area contributed by atoms with Crippen LogP contribution in [0.2, 0.25) is 0 Å². The quantitative estimate of drug-likeness (QED) is 0.281. The van der Waals surface area contributed by atoms with Crippen molar-refractivity contribution >= 4 is 6.29 Å². The minimum Gasteiger partial charge on any atom is -0.492 e. The Morgan fingerprint density at radius 1 is 1.00 bits per heavy atom. The number of carbonyl (C=O) groups is 1. The number of rotatable bonds is 7. The molecule has 0 radical (unpaired) electrons. The summed E-state index contributed by atoms with van der Waals surface area (Å²) < 4.78 is 28.2. The molecule has 0 aliphatic carbocycles. The summed E-state index contributed by atoms with van der Waals surface area (Å²) in [5.74, 6) is 2.62. The summed E-state index contributed by atoms with van der Waals surface area (Å²) in [6, 6.07) is 16.5. The third-order valence-corrected chi connectivity index (χ3v) is 7.16. The van der Waals surface area contributed by atoms with Crippen LogP contribution < -0.4 is 14.2 Å². The summed E-state index contributed by atoms with van der Waals surface area (Å²) in [7, 11) is 4.99. The van der Waals surface area contributed by atoms with Crippen molar-refractivity contribution in [3.63, 3.8) is 0 Å². The highest BCUT2D eigenvalue weighted by Crippen LogP contribution is 2.49. The van der Waals surface area contributed by atoms with E-state index in [0.717, 1.165) is 45.8 Å². The van der Waals surface area contributed by atoms with Gasteiger partial charge >= 0.3 is 0 Å². The first-order chi connectivity index (χ1) is 19.2. The molecule has 3 aromatic rings. The van der Waals surface area contributed by atoms with Crippen molar-refractivity contribution in [2.75, 3.05) is 27.9 Å². The average molecular weight is 549 g/mol. The standard InChI is InChI=1S/C30H32O5.C2H6O.C2H6/c1-18-13-26-28(29(32-5)30(3,4)35-26)19(2)27(18)21-8-6-7-20(14-21)16-33-23-9-10-24-22(11-12-31)17-34-25(24)15-23;1-3-2;1-2/h6-10,12-15,22,29H,11,16-17H2,1-5H3;1-2H3;1-2H3. The fourth-order valence-electron chi connectivity index (χ4n) is 5.54. The van der Waals surface area contributed by atoms with E-state index < -0.39 is 5.60 Å². The Morgan fingerprint density at radius 2 is 1.73 bits per heavy atom. The van der Waals surface area contributed by atoms with Crippen LogP contribution in [0.25, 0.3) is 11.1 Å². The second-order valence-corrected chi connectivity index (χ2v) is 10.4. The van der Waals surface area contributed by atoms with Crippen molar-refractivity contribution in [3.8, 4) is 28.4 Å². The smallest absolute Gasteiger partial charge is 0.134 e. The predicted molar refractivity (Wildman–Crippen MR) is 160 cm³/mol. The maximum absolute atomic E-state index is 10.9. The monoisotopic (exact) mass is 548 g/mol. The van der Waals surface area contributed by atoms with Crippen molar-refractivity contribution in [2.45, 2.75) is 72.2 Å². The largest absolute Gasteiger partial charge is 0.492 e. The van der Waals surface area contributed by atoms with Crippen LogP contribution in [0.3, 0.4) is 0 Å². The van der Waals surface area contributed by atoms with Gasteiger partial charge < -0.3 is 28.5 Å². The molecule has 2 aliphatic heterocycles. The van der Waals surface area contributed by atoms with Gasteiger partial charge in [0, 0.05) is 50.9 Å². The lowest BCUT2D eigenvalue weighted by Gasteiger charge is -2.25. The number of hydrogen-bond donors (Lipinski definition) is 0. The first-order valence-electron chi connectivity index (χ1n) is 13.9. The number of methoxy groups -OCH3 is 2. The molecule has 2 unspecified atom stereocenters. The molecule has 6 heteroatoms. The summed E-state index contributed by atoms with van der Waals surface area (Å²) in [5, 5.41) is 0. The molecule has 0 aromatic heterocycles. The third-order valence-electron chi connectivity index (χ3n) is 7.16. The molecular formula is C34H44O6. The molecule has 2 heterocycles. The Kier molecular flexibility index (Phi) is 10.8. The Labute approximate surface area is 239 Å². The lowest BCUT2D eigenvalue weighted by molar-refractivity contribution is -0.108. The first-order valence-corrected chi connectivity index (χ1v) is 13.9. The number of carbonyl (C=O) groups excluding carboxylic acids is 1. The molecule has 40 heavy (non-hydrogen) atoms. The van der Waals surface area contributed by atoms with Crippen molar-refractivity contribution in [1.82, 2.24) is 0 Å². The van der Waals surface area contributed by atoms with Gasteiger partial charge in [0.15, 0.2) is 0 Å². The molecule has 6 nitrogen and oxygen atoms in total. The fourth-order valence-corrected chi connectivity index (χ4v) is 5.54. The first kappa shape index (κ1) is 31.2. The van der Waals surface area contributed by atoms with Gasteiger partial charge in [0.1, 0.15) is 41.8 Å². The van der Waals surface area contributed by atoms with Gasteiger partial charge in [-0.05, 0) is 73.7 Å². The molecule has 0 amide bonds. The molecule has 0 spiro atoms. The predicted octanol–water partition coefficient (Wildman–Crippen LogP) is 7.76. The van der Waals surface area contributed by atoms with Gasteiger partial charge in [0.2, 0.25) is 0 Å². The number of hydrogen-bond acceptors (Lipinski definition) is 6. The van der Waals surface area contributed by atoms with E-state index in [1.807, 2.05) is 32.0 Å². The lowest BCUT2D eigenvalue weighted by atomic mass is 9.87. The Hall–Kier alpha value is -3.35. The van der Waals surface area contributed by atoms with Gasteiger partial charge in [0.05, 0.1) is 6.61 Å². The summed E-state index contributed by atoms with van der Waals surface area (Å²) in [6.07, 6.45) is 1.32. The molecule has 0 saturated carbocycles. The molecule has 0 N–H and O–H groups in total. The second kappa shape index (κ2) is 13.8. The van der Waals surface area contributed by atoms with Gasteiger partial charge in [-0.15, -0.1) is 0 Å². The normalized spacial score (nSPS) is 17.6. The molecule has 216 valence electrons. The summed E-state index contributed by atoms with van der Waals surface area (Å²) in [5.41, 5.74) is 7.61. The van der Waals surface area contributed by atoms with E-state index >= 15 is 0 Å². The molecule has 5 rings (SSSR count). The van der Waals surface area contributed by atoms with Gasteiger partial charge in [0.25, 0.3) is 0 Å². The van der Waals surface area contributed by atoms with Crippen LogP contribution in [0.4, 0.5) is 0 Å². The maximum atomic E-state index is 10.9. The molecule has 2 aliphatic rings. The summed E-state index contributed by atoms with van der Waals surface area (Å²) in [4.78, 5) is 10.9. The van der Waals surface area contributed by atoms with Crippen LogP contribution in [-0.2, 0) is 20.9 Å². The van der Waals surface area contributed by atoms with Crippen molar-refractivity contribution < 1.29 is 28.5 Å². The van der Waals surface area contributed by atoms with Crippen LogP contribution in [0.5, 0.6) is 17.2 Å². The fraction of sp³-hybridized carbons (Fsp3) is 0.441. The van der Waals surface area contributed by atoms with Gasteiger partial charge in [-0.25, -0.2) is 0 Å². The van der Waals surface area contributed by atoms with Gasteiger partial charge in [-0.3, -0.25) is 0 Å². The van der Waals surface area contributed by atoms with E-state index in [1.165, 1.54) is 16.7 Å². The average Bonchev–Trinajstić information content (AvgIpc) is 3.45. The highest BCUT2D eigenvalue weighted by atomic mass is 16.6. The number of fused-ring (bicyclic) bond motifs is 2. The SMILES string of the molecule is CC.COC.COC1c2c(cc(C)c(-c3cccc(COc4ccc5c(c4)OCC5CC=O)c3)c2C)OC1(C)C. The molecule has 0 saturated heterocycles. The van der Waals surface area contributed by atoms with E-state index in [2.05, 4.69) is 62.8 Å². The zero-order valence-corrected chi connectivity index (χ0v) is 25.4. The van der Waals surface area contributed by atoms with E-state index in [9.17, 15) is 4.79 Å². The summed E-state index contributed by atoms with van der Waals surface area (Å²) in [6.45, 7) is 13.4. The van der Waals surface area contributed by atoms with E-state index in [0.29, 0.717) is 19.6 Å². The minimum atomic E-state index is -0.407. The molecule has 0 bridgehead atoms.